The summed E-state index contributed by atoms with van der Waals surface area (Å²) in [5.41, 5.74) is 0. The van der Waals surface area contributed by atoms with Crippen LogP contribution in [0.5, 0.6) is 0 Å². The number of hydrogen-bond donors (Lipinski definition) is 2. The molecule has 0 aliphatic carbocycles. The van der Waals surface area contributed by atoms with Gasteiger partial charge in [-0.1, -0.05) is 26.3 Å². The molecule has 0 aromatic carbocycles. The van der Waals surface area contributed by atoms with Crippen LogP contribution >= 0.6 is 0 Å². The summed E-state index contributed by atoms with van der Waals surface area (Å²) >= 11 is 0. The molecule has 0 bridgehead atoms. The summed E-state index contributed by atoms with van der Waals surface area (Å²) in [6.07, 6.45) is 4.37. The van der Waals surface area contributed by atoms with Gasteiger partial charge < -0.3 is 10.6 Å². The summed E-state index contributed by atoms with van der Waals surface area (Å²) in [7, 11) is 0. The van der Waals surface area contributed by atoms with E-state index in [1.54, 1.807) is 0 Å². The molecule has 0 aromatic rings. The smallest absolute Gasteiger partial charge is 0.243 e. The molecule has 2 amide bonds. The van der Waals surface area contributed by atoms with Crippen molar-refractivity contribution in [3.05, 3.63) is 12.7 Å². The normalized spacial score (nSPS) is 9.21. The summed E-state index contributed by atoms with van der Waals surface area (Å²) in [5, 5.41) is 5.11. The van der Waals surface area contributed by atoms with Crippen molar-refractivity contribution < 1.29 is 9.59 Å². The molecule has 14 heavy (non-hydrogen) atoms. The first kappa shape index (κ1) is 12.7. The van der Waals surface area contributed by atoms with E-state index in [0.717, 1.165) is 25.3 Å². The molecule has 4 heteroatoms. The SMILES string of the molecule is C=CC(=O)NCC(=O)NCCCCC. The minimum absolute atomic E-state index is 0.0248. The first-order valence-corrected chi connectivity index (χ1v) is 4.87. The third-order valence-electron chi connectivity index (χ3n) is 1.71. The van der Waals surface area contributed by atoms with Gasteiger partial charge in [-0.15, -0.1) is 0 Å². The van der Waals surface area contributed by atoms with Crippen molar-refractivity contribution in [1.82, 2.24) is 10.6 Å². The first-order valence-electron chi connectivity index (χ1n) is 4.87. The summed E-state index contributed by atoms with van der Waals surface area (Å²) in [6, 6.07) is 0. The predicted molar refractivity (Wildman–Crippen MR) is 55.7 cm³/mol. The standard InChI is InChI=1S/C10H18N2O2/c1-3-5-6-7-11-10(14)8-12-9(13)4-2/h4H,2-3,5-8H2,1H3,(H,11,14)(H,12,13). The van der Waals surface area contributed by atoms with Gasteiger partial charge in [0.05, 0.1) is 6.54 Å². The molecular formula is C10H18N2O2. The van der Waals surface area contributed by atoms with Crippen molar-refractivity contribution in [2.45, 2.75) is 26.2 Å². The molecule has 0 atom stereocenters. The van der Waals surface area contributed by atoms with Crippen LogP contribution in [-0.4, -0.2) is 24.9 Å². The minimum Gasteiger partial charge on any atom is -0.355 e. The van der Waals surface area contributed by atoms with Crippen LogP contribution in [0.1, 0.15) is 26.2 Å². The Morgan fingerprint density at radius 3 is 2.57 bits per heavy atom. The van der Waals surface area contributed by atoms with E-state index in [0.29, 0.717) is 6.54 Å². The van der Waals surface area contributed by atoms with E-state index >= 15 is 0 Å². The molecule has 0 spiro atoms. The maximum atomic E-state index is 11.1. The van der Waals surface area contributed by atoms with Gasteiger partial charge in [0.25, 0.3) is 0 Å². The van der Waals surface area contributed by atoms with Crippen molar-refractivity contribution >= 4 is 11.8 Å². The van der Waals surface area contributed by atoms with E-state index in [1.165, 1.54) is 0 Å². The van der Waals surface area contributed by atoms with Gasteiger partial charge in [0, 0.05) is 6.54 Å². The van der Waals surface area contributed by atoms with E-state index < -0.39 is 0 Å². The molecule has 0 radical (unpaired) electrons. The van der Waals surface area contributed by atoms with Crippen LogP contribution in [0, 0.1) is 0 Å². The average Bonchev–Trinajstić information content (AvgIpc) is 2.21. The Bertz CT molecular complexity index is 202. The number of nitrogens with one attached hydrogen (secondary N) is 2. The molecule has 0 saturated heterocycles. The second-order valence-electron chi connectivity index (χ2n) is 2.98. The molecule has 0 heterocycles. The third kappa shape index (κ3) is 7.34. The Labute approximate surface area is 84.8 Å². The number of carbonyl (C=O) groups is 2. The van der Waals surface area contributed by atoms with Gasteiger partial charge in [0.1, 0.15) is 0 Å². The van der Waals surface area contributed by atoms with Crippen LogP contribution in [0.2, 0.25) is 0 Å². The van der Waals surface area contributed by atoms with Crippen molar-refractivity contribution in [2.75, 3.05) is 13.1 Å². The van der Waals surface area contributed by atoms with Crippen LogP contribution < -0.4 is 10.6 Å². The lowest BCUT2D eigenvalue weighted by molar-refractivity contribution is -0.123. The van der Waals surface area contributed by atoms with E-state index in [1.807, 2.05) is 0 Å². The van der Waals surface area contributed by atoms with Crippen LogP contribution in [0.25, 0.3) is 0 Å². The zero-order chi connectivity index (χ0) is 10.8. The van der Waals surface area contributed by atoms with E-state index in [2.05, 4.69) is 24.1 Å². The molecule has 0 unspecified atom stereocenters. The predicted octanol–water partition coefficient (Wildman–Crippen LogP) is 0.595. The molecule has 4 nitrogen and oxygen atoms in total. The molecule has 80 valence electrons. The average molecular weight is 198 g/mol. The van der Waals surface area contributed by atoms with Gasteiger partial charge in [0.15, 0.2) is 0 Å². The fraction of sp³-hybridized carbons (Fsp3) is 0.600. The van der Waals surface area contributed by atoms with Gasteiger partial charge in [-0.2, -0.15) is 0 Å². The van der Waals surface area contributed by atoms with Crippen LogP contribution in [0.4, 0.5) is 0 Å². The minimum atomic E-state index is -0.325. The highest BCUT2D eigenvalue weighted by atomic mass is 16.2. The number of carbonyl (C=O) groups excluding carboxylic acids is 2. The van der Waals surface area contributed by atoms with E-state index in [-0.39, 0.29) is 18.4 Å². The quantitative estimate of drug-likeness (QED) is 0.465. The summed E-state index contributed by atoms with van der Waals surface area (Å²) in [5.74, 6) is -0.481. The Balaban J connectivity index is 3.37. The molecule has 0 saturated carbocycles. The van der Waals surface area contributed by atoms with Crippen LogP contribution in [0.15, 0.2) is 12.7 Å². The number of amides is 2. The Hall–Kier alpha value is -1.32. The summed E-state index contributed by atoms with van der Waals surface area (Å²) in [4.78, 5) is 21.7. The second kappa shape index (κ2) is 8.29. The number of unbranched alkanes of at least 4 members (excludes halogenated alkanes) is 2. The van der Waals surface area contributed by atoms with Gasteiger partial charge in [-0.25, -0.2) is 0 Å². The molecule has 2 N–H and O–H groups in total. The van der Waals surface area contributed by atoms with Gasteiger partial charge in [-0.3, -0.25) is 9.59 Å². The van der Waals surface area contributed by atoms with Crippen molar-refractivity contribution in [3.8, 4) is 0 Å². The largest absolute Gasteiger partial charge is 0.355 e. The fourth-order valence-corrected chi connectivity index (χ4v) is 0.905. The molecule has 0 aliphatic rings. The highest BCUT2D eigenvalue weighted by Gasteiger charge is 2.00. The monoisotopic (exact) mass is 198 g/mol. The van der Waals surface area contributed by atoms with Gasteiger partial charge >= 0.3 is 0 Å². The summed E-state index contributed by atoms with van der Waals surface area (Å²) in [6.45, 7) is 6.09. The lowest BCUT2D eigenvalue weighted by atomic mass is 10.2. The van der Waals surface area contributed by atoms with E-state index in [9.17, 15) is 9.59 Å². The molecule has 0 aromatic heterocycles. The summed E-state index contributed by atoms with van der Waals surface area (Å²) < 4.78 is 0. The van der Waals surface area contributed by atoms with Gasteiger partial charge in [0.2, 0.25) is 11.8 Å². The maximum Gasteiger partial charge on any atom is 0.243 e. The molecule has 0 fully saturated rings. The lowest BCUT2D eigenvalue weighted by Gasteiger charge is -2.04. The number of rotatable bonds is 7. The fourth-order valence-electron chi connectivity index (χ4n) is 0.905. The first-order chi connectivity index (χ1) is 6.70. The Morgan fingerprint density at radius 1 is 1.29 bits per heavy atom. The van der Waals surface area contributed by atoms with Gasteiger partial charge in [-0.05, 0) is 12.5 Å². The zero-order valence-electron chi connectivity index (χ0n) is 8.64. The molecule has 0 aliphatic heterocycles. The van der Waals surface area contributed by atoms with Crippen molar-refractivity contribution in [2.24, 2.45) is 0 Å². The zero-order valence-corrected chi connectivity index (χ0v) is 8.64. The Kier molecular flexibility index (Phi) is 7.50. The molecular weight excluding hydrogens is 180 g/mol. The number of hydrogen-bond acceptors (Lipinski definition) is 2. The molecule has 0 rings (SSSR count). The third-order valence-corrected chi connectivity index (χ3v) is 1.71. The topological polar surface area (TPSA) is 58.2 Å². The maximum absolute atomic E-state index is 11.1. The highest BCUT2D eigenvalue weighted by Crippen LogP contribution is 1.90. The Morgan fingerprint density at radius 2 is 2.00 bits per heavy atom. The van der Waals surface area contributed by atoms with Crippen LogP contribution in [-0.2, 0) is 9.59 Å². The highest BCUT2D eigenvalue weighted by molar-refractivity contribution is 5.90. The second-order valence-corrected chi connectivity index (χ2v) is 2.98. The lowest BCUT2D eigenvalue weighted by Crippen LogP contribution is -2.36. The van der Waals surface area contributed by atoms with E-state index in [4.69, 9.17) is 0 Å². The van der Waals surface area contributed by atoms with Crippen molar-refractivity contribution in [3.63, 3.8) is 0 Å². The van der Waals surface area contributed by atoms with Crippen LogP contribution in [0.3, 0.4) is 0 Å². The van der Waals surface area contributed by atoms with Crippen molar-refractivity contribution in [1.29, 1.82) is 0 Å².